The summed E-state index contributed by atoms with van der Waals surface area (Å²) < 4.78 is 8.32. The Bertz CT molecular complexity index is 770. The second-order valence-electron chi connectivity index (χ2n) is 4.33. The number of rotatable bonds is 3. The topological polar surface area (TPSA) is 27.1 Å². The number of benzene rings is 2. The summed E-state index contributed by atoms with van der Waals surface area (Å²) in [6.07, 6.45) is 0. The van der Waals surface area contributed by atoms with Crippen LogP contribution < -0.4 is 4.74 Å². The fourth-order valence-corrected chi connectivity index (χ4v) is 2.80. The summed E-state index contributed by atoms with van der Waals surface area (Å²) in [5, 5.41) is 0. The molecule has 0 saturated heterocycles. The molecule has 0 spiro atoms. The van der Waals surface area contributed by atoms with Crippen molar-refractivity contribution >= 4 is 38.6 Å². The van der Waals surface area contributed by atoms with Crippen molar-refractivity contribution in [1.82, 2.24) is 9.55 Å². The van der Waals surface area contributed by atoms with Crippen LogP contribution in [-0.2, 0) is 5.88 Å². The first-order chi connectivity index (χ1) is 9.72. The van der Waals surface area contributed by atoms with Crippen LogP contribution in [0.4, 0.5) is 0 Å². The fourth-order valence-electron chi connectivity index (χ4n) is 2.23. The van der Waals surface area contributed by atoms with E-state index < -0.39 is 0 Å². The monoisotopic (exact) mass is 350 g/mol. The van der Waals surface area contributed by atoms with E-state index in [1.165, 1.54) is 0 Å². The summed E-state index contributed by atoms with van der Waals surface area (Å²) in [7, 11) is 1.65. The number of hydrogen-bond acceptors (Lipinski definition) is 2. The zero-order valence-corrected chi connectivity index (χ0v) is 13.1. The minimum absolute atomic E-state index is 0.351. The highest BCUT2D eigenvalue weighted by Gasteiger charge is 2.12. The first kappa shape index (κ1) is 13.5. The van der Waals surface area contributed by atoms with E-state index in [1.54, 1.807) is 7.11 Å². The number of alkyl halides is 1. The lowest BCUT2D eigenvalue weighted by atomic mass is 10.2. The van der Waals surface area contributed by atoms with Crippen LogP contribution in [0.25, 0.3) is 16.7 Å². The molecule has 1 heterocycles. The maximum atomic E-state index is 6.04. The number of hydrogen-bond donors (Lipinski definition) is 0. The molecule has 3 rings (SSSR count). The van der Waals surface area contributed by atoms with E-state index in [0.717, 1.165) is 32.8 Å². The molecule has 0 unspecified atom stereocenters. The molecule has 3 aromatic rings. The number of halogens is 2. The SMILES string of the molecule is COc1ccc2c(c1)nc(CCl)n2-c1cccc(Br)c1. The average molecular weight is 352 g/mol. The molecule has 0 N–H and O–H groups in total. The van der Waals surface area contributed by atoms with Crippen molar-refractivity contribution in [2.24, 2.45) is 0 Å². The van der Waals surface area contributed by atoms with Gasteiger partial charge in [-0.3, -0.25) is 4.57 Å². The van der Waals surface area contributed by atoms with Crippen LogP contribution in [0.3, 0.4) is 0 Å². The summed E-state index contributed by atoms with van der Waals surface area (Å²) in [5.74, 6) is 1.95. The third-order valence-corrected chi connectivity index (χ3v) is 3.85. The lowest BCUT2D eigenvalue weighted by Crippen LogP contribution is -1.99. The minimum Gasteiger partial charge on any atom is -0.497 e. The smallest absolute Gasteiger partial charge is 0.129 e. The molecule has 102 valence electrons. The van der Waals surface area contributed by atoms with Gasteiger partial charge in [0.05, 0.1) is 24.0 Å². The molecule has 2 aromatic carbocycles. The largest absolute Gasteiger partial charge is 0.497 e. The van der Waals surface area contributed by atoms with E-state index in [9.17, 15) is 0 Å². The summed E-state index contributed by atoms with van der Waals surface area (Å²) >= 11 is 9.53. The third-order valence-electron chi connectivity index (χ3n) is 3.12. The highest BCUT2D eigenvalue weighted by Crippen LogP contribution is 2.27. The number of nitrogens with zero attached hydrogens (tertiary/aromatic N) is 2. The number of ether oxygens (including phenoxy) is 1. The van der Waals surface area contributed by atoms with Crippen LogP contribution in [0.15, 0.2) is 46.9 Å². The summed E-state index contributed by atoms with van der Waals surface area (Å²) in [4.78, 5) is 4.58. The normalized spacial score (nSPS) is 10.9. The highest BCUT2D eigenvalue weighted by molar-refractivity contribution is 9.10. The van der Waals surface area contributed by atoms with E-state index >= 15 is 0 Å². The first-order valence-electron chi connectivity index (χ1n) is 6.10. The molecule has 0 bridgehead atoms. The van der Waals surface area contributed by atoms with Crippen molar-refractivity contribution in [2.75, 3.05) is 7.11 Å². The molecule has 0 saturated carbocycles. The Balaban J connectivity index is 2.28. The minimum atomic E-state index is 0.351. The Morgan fingerprint density at radius 1 is 1.25 bits per heavy atom. The standard InChI is InChI=1S/C15H12BrClN2O/c1-20-12-5-6-14-13(8-12)18-15(9-17)19(14)11-4-2-3-10(16)7-11/h2-8H,9H2,1H3. The molecule has 1 aromatic heterocycles. The molecule has 0 amide bonds. The molecule has 0 aliphatic carbocycles. The van der Waals surface area contributed by atoms with Crippen molar-refractivity contribution in [3.63, 3.8) is 0 Å². The summed E-state index contributed by atoms with van der Waals surface area (Å²) in [5.41, 5.74) is 2.92. The zero-order chi connectivity index (χ0) is 14.1. The van der Waals surface area contributed by atoms with Crippen LogP contribution in [0.1, 0.15) is 5.82 Å². The van der Waals surface area contributed by atoms with Gasteiger partial charge in [-0.2, -0.15) is 0 Å². The highest BCUT2D eigenvalue weighted by atomic mass is 79.9. The molecule has 20 heavy (non-hydrogen) atoms. The van der Waals surface area contributed by atoms with E-state index in [2.05, 4.69) is 25.5 Å². The van der Waals surface area contributed by atoms with Gasteiger partial charge < -0.3 is 4.74 Å². The van der Waals surface area contributed by atoms with Gasteiger partial charge in [-0.05, 0) is 30.3 Å². The lowest BCUT2D eigenvalue weighted by Gasteiger charge is -2.08. The van der Waals surface area contributed by atoms with Gasteiger partial charge in [-0.1, -0.05) is 22.0 Å². The Morgan fingerprint density at radius 3 is 2.80 bits per heavy atom. The molecule has 0 aliphatic rings. The van der Waals surface area contributed by atoms with Gasteiger partial charge in [-0.15, -0.1) is 11.6 Å². The maximum absolute atomic E-state index is 6.04. The van der Waals surface area contributed by atoms with Crippen molar-refractivity contribution in [1.29, 1.82) is 0 Å². The molecule has 0 aliphatic heterocycles. The number of imidazole rings is 1. The third kappa shape index (κ3) is 2.30. The predicted molar refractivity (Wildman–Crippen MR) is 84.9 cm³/mol. The number of fused-ring (bicyclic) bond motifs is 1. The van der Waals surface area contributed by atoms with Gasteiger partial charge in [-0.25, -0.2) is 4.98 Å². The Kier molecular flexibility index (Phi) is 3.68. The van der Waals surface area contributed by atoms with Crippen molar-refractivity contribution < 1.29 is 4.74 Å². The van der Waals surface area contributed by atoms with Crippen molar-refractivity contribution in [3.8, 4) is 11.4 Å². The van der Waals surface area contributed by atoms with Crippen LogP contribution in [-0.4, -0.2) is 16.7 Å². The fraction of sp³-hybridized carbons (Fsp3) is 0.133. The van der Waals surface area contributed by atoms with Crippen LogP contribution >= 0.6 is 27.5 Å². The summed E-state index contributed by atoms with van der Waals surface area (Å²) in [6.45, 7) is 0. The molecule has 5 heteroatoms. The van der Waals surface area contributed by atoms with Crippen molar-refractivity contribution in [2.45, 2.75) is 5.88 Å². The Morgan fingerprint density at radius 2 is 2.10 bits per heavy atom. The van der Waals surface area contributed by atoms with Crippen LogP contribution in [0, 0.1) is 0 Å². The molecule has 3 nitrogen and oxygen atoms in total. The van der Waals surface area contributed by atoms with Crippen molar-refractivity contribution in [3.05, 3.63) is 52.8 Å². The van der Waals surface area contributed by atoms with Gasteiger partial charge >= 0.3 is 0 Å². The van der Waals surface area contributed by atoms with Gasteiger partial charge in [0.1, 0.15) is 11.6 Å². The number of methoxy groups -OCH3 is 1. The van der Waals surface area contributed by atoms with E-state index in [-0.39, 0.29) is 0 Å². The molecular weight excluding hydrogens is 340 g/mol. The Labute approximate surface area is 130 Å². The zero-order valence-electron chi connectivity index (χ0n) is 10.8. The lowest BCUT2D eigenvalue weighted by molar-refractivity contribution is 0.415. The van der Waals surface area contributed by atoms with E-state index in [4.69, 9.17) is 16.3 Å². The second kappa shape index (κ2) is 5.46. The second-order valence-corrected chi connectivity index (χ2v) is 5.51. The average Bonchev–Trinajstić information content (AvgIpc) is 2.84. The molecule has 0 radical (unpaired) electrons. The van der Waals surface area contributed by atoms with Gasteiger partial charge in [0, 0.05) is 16.2 Å². The molecule has 0 fully saturated rings. The Hall–Kier alpha value is -1.52. The van der Waals surface area contributed by atoms with Gasteiger partial charge in [0.15, 0.2) is 0 Å². The molecular formula is C15H12BrClN2O. The quantitative estimate of drug-likeness (QED) is 0.648. The maximum Gasteiger partial charge on any atom is 0.129 e. The van der Waals surface area contributed by atoms with E-state index in [0.29, 0.717) is 5.88 Å². The van der Waals surface area contributed by atoms with Crippen LogP contribution in [0.2, 0.25) is 0 Å². The predicted octanol–water partition coefficient (Wildman–Crippen LogP) is 4.54. The molecule has 0 atom stereocenters. The van der Waals surface area contributed by atoms with Gasteiger partial charge in [0.25, 0.3) is 0 Å². The first-order valence-corrected chi connectivity index (χ1v) is 7.43. The van der Waals surface area contributed by atoms with Gasteiger partial charge in [0.2, 0.25) is 0 Å². The van der Waals surface area contributed by atoms with E-state index in [1.807, 2.05) is 42.5 Å². The summed E-state index contributed by atoms with van der Waals surface area (Å²) in [6, 6.07) is 13.9. The van der Waals surface area contributed by atoms with Crippen LogP contribution in [0.5, 0.6) is 5.75 Å². The number of aromatic nitrogens is 2.